The molecule has 0 aliphatic carbocycles. The first kappa shape index (κ1) is 18.9. The van der Waals surface area contributed by atoms with Gasteiger partial charge < -0.3 is 24.9 Å². The molecular weight excluding hydrogens is 338 g/mol. The van der Waals surface area contributed by atoms with E-state index in [-0.39, 0.29) is 30.6 Å². The van der Waals surface area contributed by atoms with Gasteiger partial charge in [0.05, 0.1) is 31.6 Å². The summed E-state index contributed by atoms with van der Waals surface area (Å²) in [5, 5.41) is 3.04. The van der Waals surface area contributed by atoms with E-state index in [1.165, 1.54) is 0 Å². The minimum atomic E-state index is -0.509. The van der Waals surface area contributed by atoms with Gasteiger partial charge in [-0.1, -0.05) is 0 Å². The molecule has 2 fully saturated rings. The number of hydrogen-bond donors (Lipinski definition) is 2. The van der Waals surface area contributed by atoms with Gasteiger partial charge >= 0.3 is 0 Å². The van der Waals surface area contributed by atoms with Crippen molar-refractivity contribution in [2.75, 3.05) is 32.9 Å². The molecule has 3 heterocycles. The fourth-order valence-electron chi connectivity index (χ4n) is 3.52. The Bertz CT molecular complexity index is 584. The topological polar surface area (TPSA) is 107 Å². The molecular formula is C18H27N3O5. The summed E-state index contributed by atoms with van der Waals surface area (Å²) in [7, 11) is 0. The van der Waals surface area contributed by atoms with Crippen molar-refractivity contribution in [1.82, 2.24) is 10.2 Å². The van der Waals surface area contributed by atoms with Crippen molar-refractivity contribution in [3.05, 3.63) is 24.2 Å². The third kappa shape index (κ3) is 5.30. The van der Waals surface area contributed by atoms with Gasteiger partial charge in [0.2, 0.25) is 11.8 Å². The van der Waals surface area contributed by atoms with Crippen molar-refractivity contribution in [3.8, 4) is 0 Å². The van der Waals surface area contributed by atoms with E-state index < -0.39 is 5.91 Å². The second-order valence-corrected chi connectivity index (χ2v) is 6.92. The van der Waals surface area contributed by atoms with Gasteiger partial charge in [0.25, 0.3) is 0 Å². The maximum absolute atomic E-state index is 12.6. The minimum Gasteiger partial charge on any atom is -0.468 e. The van der Waals surface area contributed by atoms with Gasteiger partial charge in [-0.2, -0.15) is 0 Å². The molecule has 8 nitrogen and oxygen atoms in total. The van der Waals surface area contributed by atoms with Gasteiger partial charge in [-0.25, -0.2) is 0 Å². The zero-order valence-electron chi connectivity index (χ0n) is 14.9. The first-order chi connectivity index (χ1) is 12.6. The summed E-state index contributed by atoms with van der Waals surface area (Å²) in [6.07, 6.45) is 3.71. The molecule has 2 aliphatic heterocycles. The maximum Gasteiger partial charge on any atom is 0.243 e. The number of amides is 2. The monoisotopic (exact) mass is 365 g/mol. The molecule has 3 rings (SSSR count). The summed E-state index contributed by atoms with van der Waals surface area (Å²) in [4.78, 5) is 25.8. The maximum atomic E-state index is 12.6. The lowest BCUT2D eigenvalue weighted by molar-refractivity contribution is -0.134. The number of carbonyl (C=O) groups is 2. The van der Waals surface area contributed by atoms with Crippen molar-refractivity contribution < 1.29 is 23.5 Å². The van der Waals surface area contributed by atoms with E-state index >= 15 is 0 Å². The van der Waals surface area contributed by atoms with Crippen LogP contribution in [0.3, 0.4) is 0 Å². The Morgan fingerprint density at radius 1 is 1.31 bits per heavy atom. The molecule has 2 atom stereocenters. The lowest BCUT2D eigenvalue weighted by Crippen LogP contribution is -2.53. The molecule has 2 amide bonds. The average Bonchev–Trinajstić information content (AvgIpc) is 3.14. The molecule has 144 valence electrons. The van der Waals surface area contributed by atoms with Crippen LogP contribution in [-0.4, -0.2) is 61.8 Å². The summed E-state index contributed by atoms with van der Waals surface area (Å²) in [6.45, 7) is 3.32. The Labute approximate surface area is 153 Å². The van der Waals surface area contributed by atoms with Gasteiger partial charge in [0.1, 0.15) is 12.4 Å². The van der Waals surface area contributed by atoms with E-state index in [2.05, 4.69) is 10.2 Å². The summed E-state index contributed by atoms with van der Waals surface area (Å²) >= 11 is 0. The Kier molecular flexibility index (Phi) is 6.65. The second kappa shape index (κ2) is 9.16. The van der Waals surface area contributed by atoms with Gasteiger partial charge in [-0.15, -0.1) is 0 Å². The Balaban J connectivity index is 1.44. The van der Waals surface area contributed by atoms with Crippen LogP contribution in [0.5, 0.6) is 0 Å². The van der Waals surface area contributed by atoms with Crippen LogP contribution in [0.25, 0.3) is 0 Å². The van der Waals surface area contributed by atoms with E-state index in [0.29, 0.717) is 19.6 Å². The first-order valence-corrected chi connectivity index (χ1v) is 9.14. The molecule has 0 spiro atoms. The first-order valence-electron chi connectivity index (χ1n) is 9.14. The fraction of sp³-hybridized carbons (Fsp3) is 0.667. The molecule has 2 aliphatic rings. The van der Waals surface area contributed by atoms with Crippen LogP contribution in [0.15, 0.2) is 22.8 Å². The van der Waals surface area contributed by atoms with Gasteiger partial charge in [0, 0.05) is 12.5 Å². The van der Waals surface area contributed by atoms with Crippen molar-refractivity contribution in [2.24, 2.45) is 11.7 Å². The van der Waals surface area contributed by atoms with Crippen molar-refractivity contribution in [1.29, 1.82) is 0 Å². The number of nitrogens with two attached hydrogens (primary N) is 1. The Hall–Kier alpha value is -1.90. The number of primary amides is 1. The molecule has 1 aromatic heterocycles. The third-order valence-corrected chi connectivity index (χ3v) is 4.98. The highest BCUT2D eigenvalue weighted by atomic mass is 16.5. The summed E-state index contributed by atoms with van der Waals surface area (Å²) < 4.78 is 16.4. The average molecular weight is 365 g/mol. The zero-order chi connectivity index (χ0) is 18.4. The number of ether oxygens (including phenoxy) is 2. The number of likely N-dealkylation sites (tertiary alicyclic amines) is 1. The summed E-state index contributed by atoms with van der Waals surface area (Å²) in [6, 6.07) is 3.61. The van der Waals surface area contributed by atoms with Crippen molar-refractivity contribution >= 4 is 11.8 Å². The highest BCUT2D eigenvalue weighted by Gasteiger charge is 2.32. The third-order valence-electron chi connectivity index (χ3n) is 4.98. The normalized spacial score (nSPS) is 25.1. The van der Waals surface area contributed by atoms with Crippen molar-refractivity contribution in [2.45, 2.75) is 38.0 Å². The second-order valence-electron chi connectivity index (χ2n) is 6.92. The van der Waals surface area contributed by atoms with Gasteiger partial charge in [-0.05, 0) is 44.5 Å². The molecule has 0 saturated carbocycles. The highest BCUT2D eigenvalue weighted by Crippen LogP contribution is 2.20. The number of nitrogens with zero attached hydrogens (tertiary/aromatic N) is 1. The molecule has 0 bridgehead atoms. The predicted molar refractivity (Wildman–Crippen MR) is 93.0 cm³/mol. The summed E-state index contributed by atoms with van der Waals surface area (Å²) in [5.41, 5.74) is 5.14. The van der Waals surface area contributed by atoms with Gasteiger partial charge in [0.15, 0.2) is 0 Å². The van der Waals surface area contributed by atoms with Crippen LogP contribution in [-0.2, 0) is 25.6 Å². The van der Waals surface area contributed by atoms with E-state index in [4.69, 9.17) is 19.6 Å². The fourth-order valence-corrected chi connectivity index (χ4v) is 3.52. The number of furan rings is 1. The quantitative estimate of drug-likeness (QED) is 0.718. The zero-order valence-corrected chi connectivity index (χ0v) is 14.9. The van der Waals surface area contributed by atoms with Gasteiger partial charge in [-0.3, -0.25) is 14.5 Å². The summed E-state index contributed by atoms with van der Waals surface area (Å²) in [5.74, 6) is 0.458. The molecule has 1 aromatic rings. The molecule has 3 N–H and O–H groups in total. The van der Waals surface area contributed by atoms with E-state index in [1.54, 1.807) is 6.26 Å². The molecule has 2 saturated heterocycles. The minimum absolute atomic E-state index is 0.0124. The number of hydrogen-bond acceptors (Lipinski definition) is 6. The molecule has 0 aromatic carbocycles. The van der Waals surface area contributed by atoms with Crippen LogP contribution < -0.4 is 11.1 Å². The number of carbonyl (C=O) groups excluding carboxylic acids is 2. The molecule has 8 heteroatoms. The van der Waals surface area contributed by atoms with E-state index in [0.717, 1.165) is 38.2 Å². The van der Waals surface area contributed by atoms with Crippen LogP contribution >= 0.6 is 0 Å². The van der Waals surface area contributed by atoms with Crippen LogP contribution in [0, 0.1) is 5.92 Å². The number of piperidine rings is 1. The SMILES string of the molecule is NC(=O)CO[C@@H]1CCOC[C@@H]1NC(=O)C1CCN(Cc2ccco2)CC1. The lowest BCUT2D eigenvalue weighted by Gasteiger charge is -2.35. The molecule has 26 heavy (non-hydrogen) atoms. The van der Waals surface area contributed by atoms with Crippen LogP contribution in [0.4, 0.5) is 0 Å². The molecule has 0 radical (unpaired) electrons. The van der Waals surface area contributed by atoms with Crippen LogP contribution in [0.2, 0.25) is 0 Å². The van der Waals surface area contributed by atoms with Crippen LogP contribution in [0.1, 0.15) is 25.0 Å². The molecule has 0 unspecified atom stereocenters. The Morgan fingerprint density at radius 3 is 2.81 bits per heavy atom. The van der Waals surface area contributed by atoms with Crippen molar-refractivity contribution in [3.63, 3.8) is 0 Å². The predicted octanol–water partition coefficient (Wildman–Crippen LogP) is 0.267. The number of rotatable bonds is 7. The smallest absolute Gasteiger partial charge is 0.243 e. The Morgan fingerprint density at radius 2 is 2.12 bits per heavy atom. The largest absolute Gasteiger partial charge is 0.468 e. The lowest BCUT2D eigenvalue weighted by atomic mass is 9.95. The van der Waals surface area contributed by atoms with E-state index in [1.807, 2.05) is 12.1 Å². The highest BCUT2D eigenvalue weighted by molar-refractivity contribution is 5.79. The standard InChI is InChI=1S/C18H27N3O5/c19-17(22)12-26-16-5-9-24-11-15(16)20-18(23)13-3-6-21(7-4-13)10-14-2-1-8-25-14/h1-2,8,13,15-16H,3-7,9-12H2,(H2,19,22)(H,20,23)/t15-,16+/m0/s1. The van der Waals surface area contributed by atoms with E-state index in [9.17, 15) is 9.59 Å². The number of nitrogens with one attached hydrogen (secondary N) is 1.